The fraction of sp³-hybridized carbons (Fsp3) is 0.120. The summed E-state index contributed by atoms with van der Waals surface area (Å²) in [7, 11) is 0. The van der Waals surface area contributed by atoms with Crippen molar-refractivity contribution in [3.8, 4) is 6.07 Å². The van der Waals surface area contributed by atoms with Gasteiger partial charge in [0.25, 0.3) is 0 Å². The second-order valence-electron chi connectivity index (χ2n) is 7.40. The number of benzene rings is 3. The molecule has 4 rings (SSSR count). The summed E-state index contributed by atoms with van der Waals surface area (Å²) in [5.41, 5.74) is 0.763. The van der Waals surface area contributed by atoms with Crippen molar-refractivity contribution in [3.05, 3.63) is 101 Å². The summed E-state index contributed by atoms with van der Waals surface area (Å²) in [5.74, 6) is -4.05. The topological polar surface area (TPSA) is 127 Å². The molecule has 33 heavy (non-hydrogen) atoms. The van der Waals surface area contributed by atoms with Crippen molar-refractivity contribution in [2.75, 3.05) is 6.61 Å². The van der Waals surface area contributed by atoms with Crippen molar-refractivity contribution in [1.82, 2.24) is 9.97 Å². The number of fused-ring (bicyclic) bond motifs is 1. The number of aromatic nitrogens is 2. The van der Waals surface area contributed by atoms with Gasteiger partial charge in [-0.15, -0.1) is 0 Å². The van der Waals surface area contributed by atoms with E-state index >= 15 is 4.39 Å². The van der Waals surface area contributed by atoms with Crippen LogP contribution in [0.3, 0.4) is 0 Å². The quantitative estimate of drug-likeness (QED) is 0.297. The van der Waals surface area contributed by atoms with E-state index in [2.05, 4.69) is 9.97 Å². The van der Waals surface area contributed by atoms with Gasteiger partial charge >= 0.3 is 0 Å². The van der Waals surface area contributed by atoms with Crippen molar-refractivity contribution in [3.63, 3.8) is 0 Å². The maximum Gasteiger partial charge on any atom is 0.184 e. The maximum absolute atomic E-state index is 15.1. The first kappa shape index (κ1) is 22.0. The smallest absolute Gasteiger partial charge is 0.184 e. The SMILES string of the molecule is N#Cc1cccc(C(=O)C(C(=O)c2cccc(C(O)CO)c2F)c2nc3ccccc3[nH]2)c1. The fourth-order valence-corrected chi connectivity index (χ4v) is 3.64. The molecule has 1 aromatic heterocycles. The Kier molecular flexibility index (Phi) is 6.09. The van der Waals surface area contributed by atoms with Gasteiger partial charge in [-0.05, 0) is 30.3 Å². The van der Waals surface area contributed by atoms with Crippen LogP contribution in [0.4, 0.5) is 4.39 Å². The highest BCUT2D eigenvalue weighted by atomic mass is 19.1. The van der Waals surface area contributed by atoms with E-state index in [1.165, 1.54) is 42.5 Å². The molecule has 0 amide bonds. The average Bonchev–Trinajstić information content (AvgIpc) is 3.27. The number of carbonyl (C=O) groups is 2. The van der Waals surface area contributed by atoms with Crippen molar-refractivity contribution >= 4 is 22.6 Å². The summed E-state index contributed by atoms with van der Waals surface area (Å²) < 4.78 is 15.1. The molecular formula is C25H18FN3O4. The second kappa shape index (κ2) is 9.12. The third-order valence-electron chi connectivity index (χ3n) is 5.31. The fourth-order valence-electron chi connectivity index (χ4n) is 3.64. The molecule has 3 aromatic carbocycles. The number of Topliss-reactive ketones (excluding diaryl/α,β-unsaturated/α-hetero) is 2. The number of para-hydroxylation sites is 2. The number of rotatable bonds is 7. The Morgan fingerprint density at radius 3 is 2.55 bits per heavy atom. The molecule has 2 unspecified atom stereocenters. The highest BCUT2D eigenvalue weighted by Crippen LogP contribution is 2.29. The second-order valence-corrected chi connectivity index (χ2v) is 7.40. The van der Waals surface area contributed by atoms with E-state index < -0.39 is 41.6 Å². The number of aliphatic hydroxyl groups excluding tert-OH is 2. The van der Waals surface area contributed by atoms with E-state index in [-0.39, 0.29) is 22.5 Å². The largest absolute Gasteiger partial charge is 0.393 e. The third-order valence-corrected chi connectivity index (χ3v) is 5.31. The van der Waals surface area contributed by atoms with Crippen LogP contribution >= 0.6 is 0 Å². The van der Waals surface area contributed by atoms with Crippen LogP contribution in [0.2, 0.25) is 0 Å². The first-order chi connectivity index (χ1) is 15.9. The number of hydrogen-bond acceptors (Lipinski definition) is 6. The molecule has 2 atom stereocenters. The van der Waals surface area contributed by atoms with Gasteiger partial charge in [-0.25, -0.2) is 9.37 Å². The van der Waals surface area contributed by atoms with Crippen LogP contribution in [-0.4, -0.2) is 38.4 Å². The summed E-state index contributed by atoms with van der Waals surface area (Å²) in [5, 5.41) is 28.3. The summed E-state index contributed by atoms with van der Waals surface area (Å²) in [4.78, 5) is 34.4. The number of aliphatic hydroxyl groups is 2. The number of halogens is 1. The number of carbonyl (C=O) groups excluding carboxylic acids is 2. The van der Waals surface area contributed by atoms with Gasteiger partial charge in [-0.1, -0.05) is 36.4 Å². The van der Waals surface area contributed by atoms with Gasteiger partial charge in [0.05, 0.1) is 34.8 Å². The normalized spacial score (nSPS) is 12.8. The summed E-state index contributed by atoms with van der Waals surface area (Å²) in [6, 6.07) is 18.6. The molecule has 0 spiro atoms. The standard InChI is InChI=1S/C25H18FN3O4/c26-22-16(20(31)13-30)7-4-8-17(22)24(33)21(23(32)15-6-3-5-14(11-15)12-27)25-28-18-9-1-2-10-19(18)29-25/h1-11,20-21,30-31H,13H2,(H,28,29). The lowest BCUT2D eigenvalue weighted by Crippen LogP contribution is -2.25. The Balaban J connectivity index is 1.87. The molecule has 8 heteroatoms. The summed E-state index contributed by atoms with van der Waals surface area (Å²) in [6.07, 6.45) is -1.52. The molecule has 3 N–H and O–H groups in total. The zero-order valence-electron chi connectivity index (χ0n) is 17.2. The monoisotopic (exact) mass is 443 g/mol. The summed E-state index contributed by atoms with van der Waals surface area (Å²) in [6.45, 7) is -0.735. The van der Waals surface area contributed by atoms with Gasteiger partial charge in [0, 0.05) is 11.1 Å². The van der Waals surface area contributed by atoms with Gasteiger partial charge in [0.2, 0.25) is 0 Å². The zero-order valence-corrected chi connectivity index (χ0v) is 17.2. The lowest BCUT2D eigenvalue weighted by atomic mass is 9.87. The average molecular weight is 443 g/mol. The molecule has 0 radical (unpaired) electrons. The predicted octanol–water partition coefficient (Wildman–Crippen LogP) is 3.45. The van der Waals surface area contributed by atoms with Crippen molar-refractivity contribution < 1.29 is 24.2 Å². The first-order valence-corrected chi connectivity index (χ1v) is 10.0. The number of ketones is 2. The van der Waals surface area contributed by atoms with E-state index in [0.717, 1.165) is 0 Å². The van der Waals surface area contributed by atoms with E-state index in [4.69, 9.17) is 0 Å². The number of nitriles is 1. The van der Waals surface area contributed by atoms with Gasteiger partial charge in [0.15, 0.2) is 11.6 Å². The molecule has 0 aliphatic rings. The van der Waals surface area contributed by atoms with Crippen LogP contribution in [0, 0.1) is 17.1 Å². The van der Waals surface area contributed by atoms with Crippen LogP contribution in [0.15, 0.2) is 66.7 Å². The Morgan fingerprint density at radius 2 is 1.82 bits per heavy atom. The molecular weight excluding hydrogens is 425 g/mol. The molecule has 0 saturated heterocycles. The lowest BCUT2D eigenvalue weighted by molar-refractivity contribution is 0.0848. The Hall–Kier alpha value is -4.19. The Bertz CT molecular complexity index is 1370. The molecule has 1 heterocycles. The first-order valence-electron chi connectivity index (χ1n) is 10.0. The highest BCUT2D eigenvalue weighted by Gasteiger charge is 2.35. The molecule has 0 fully saturated rings. The highest BCUT2D eigenvalue weighted by molar-refractivity contribution is 6.20. The van der Waals surface area contributed by atoms with Gasteiger partial charge in [-0.3, -0.25) is 9.59 Å². The number of aromatic amines is 1. The van der Waals surface area contributed by atoms with Gasteiger partial charge in [0.1, 0.15) is 23.7 Å². The molecule has 0 bridgehead atoms. The van der Waals surface area contributed by atoms with Crippen LogP contribution < -0.4 is 0 Å². The molecule has 4 aromatic rings. The lowest BCUT2D eigenvalue weighted by Gasteiger charge is -2.16. The van der Waals surface area contributed by atoms with E-state index in [1.807, 2.05) is 6.07 Å². The Labute approximate surface area is 187 Å². The zero-order chi connectivity index (χ0) is 23.5. The van der Waals surface area contributed by atoms with Crippen LogP contribution in [0.25, 0.3) is 11.0 Å². The number of imidazole rings is 1. The Morgan fingerprint density at radius 1 is 1.06 bits per heavy atom. The number of hydrogen-bond donors (Lipinski definition) is 3. The third kappa shape index (κ3) is 4.15. The van der Waals surface area contributed by atoms with Crippen molar-refractivity contribution in [2.45, 2.75) is 12.0 Å². The van der Waals surface area contributed by atoms with E-state index in [9.17, 15) is 25.1 Å². The number of nitrogens with zero attached hydrogens (tertiary/aromatic N) is 2. The minimum atomic E-state index is -1.53. The van der Waals surface area contributed by atoms with Crippen molar-refractivity contribution in [2.24, 2.45) is 0 Å². The minimum Gasteiger partial charge on any atom is -0.393 e. The maximum atomic E-state index is 15.1. The van der Waals surface area contributed by atoms with Crippen LogP contribution in [0.1, 0.15) is 49.7 Å². The molecule has 0 aliphatic carbocycles. The number of nitrogens with one attached hydrogen (secondary N) is 1. The van der Waals surface area contributed by atoms with Crippen LogP contribution in [0.5, 0.6) is 0 Å². The molecule has 0 aliphatic heterocycles. The molecule has 164 valence electrons. The van der Waals surface area contributed by atoms with Crippen molar-refractivity contribution in [1.29, 1.82) is 5.26 Å². The van der Waals surface area contributed by atoms with Gasteiger partial charge < -0.3 is 15.2 Å². The number of H-pyrrole nitrogens is 1. The predicted molar refractivity (Wildman–Crippen MR) is 117 cm³/mol. The molecule has 0 saturated carbocycles. The summed E-state index contributed by atoms with van der Waals surface area (Å²) >= 11 is 0. The minimum absolute atomic E-state index is 0.0288. The van der Waals surface area contributed by atoms with E-state index in [1.54, 1.807) is 24.3 Å². The van der Waals surface area contributed by atoms with Gasteiger partial charge in [-0.2, -0.15) is 5.26 Å². The van der Waals surface area contributed by atoms with Crippen LogP contribution in [-0.2, 0) is 0 Å². The van der Waals surface area contributed by atoms with E-state index in [0.29, 0.717) is 11.0 Å². The molecule has 7 nitrogen and oxygen atoms in total.